The molecule has 1 aromatic carbocycles. The number of anilines is 1. The van der Waals surface area contributed by atoms with E-state index in [1.165, 1.54) is 39.5 Å². The second-order valence-corrected chi connectivity index (χ2v) is 12.6. The van der Waals surface area contributed by atoms with Crippen molar-refractivity contribution in [2.75, 3.05) is 51.7 Å². The highest BCUT2D eigenvalue weighted by Gasteiger charge is 2.34. The van der Waals surface area contributed by atoms with Crippen LogP contribution >= 0.6 is 0 Å². The summed E-state index contributed by atoms with van der Waals surface area (Å²) in [6.45, 7) is 17.3. The highest BCUT2D eigenvalue weighted by molar-refractivity contribution is 5.89. The van der Waals surface area contributed by atoms with E-state index < -0.39 is 5.41 Å². The van der Waals surface area contributed by atoms with Crippen LogP contribution in [0.25, 0.3) is 11.0 Å². The molecular weight excluding hydrogens is 514 g/mol. The number of fused-ring (bicyclic) bond motifs is 1. The van der Waals surface area contributed by atoms with Gasteiger partial charge in [-0.2, -0.15) is 0 Å². The lowest BCUT2D eigenvalue weighted by Crippen LogP contribution is -2.44. The quantitative estimate of drug-likeness (QED) is 0.180. The van der Waals surface area contributed by atoms with Gasteiger partial charge in [-0.3, -0.25) is 9.59 Å². The zero-order chi connectivity index (χ0) is 29.8. The molecule has 1 aliphatic heterocycles. The van der Waals surface area contributed by atoms with Gasteiger partial charge in [-0.25, -0.2) is 4.98 Å². The second kappa shape index (κ2) is 16.1. The van der Waals surface area contributed by atoms with E-state index in [4.69, 9.17) is 9.72 Å². The molecule has 3 rings (SSSR count). The van der Waals surface area contributed by atoms with Gasteiger partial charge in [0.25, 0.3) is 0 Å². The molecule has 0 unspecified atom stereocenters. The fraction of sp³-hybridized carbons (Fsp3) is 0.727. The van der Waals surface area contributed by atoms with Crippen LogP contribution in [0, 0.1) is 5.92 Å². The van der Waals surface area contributed by atoms with Crippen LogP contribution in [0.4, 0.5) is 5.95 Å². The number of imidazole rings is 1. The van der Waals surface area contributed by atoms with Gasteiger partial charge >= 0.3 is 5.97 Å². The number of hydrogen-bond acceptors (Lipinski definition) is 6. The number of esters is 1. The molecule has 1 saturated heterocycles. The van der Waals surface area contributed by atoms with Crippen molar-refractivity contribution in [3.05, 3.63) is 23.8 Å². The van der Waals surface area contributed by atoms with Crippen LogP contribution in [-0.2, 0) is 26.3 Å². The van der Waals surface area contributed by atoms with Crippen molar-refractivity contribution < 1.29 is 14.3 Å². The molecule has 0 atom stereocenters. The summed E-state index contributed by atoms with van der Waals surface area (Å²) in [5.74, 6) is 1.39. The van der Waals surface area contributed by atoms with Gasteiger partial charge in [-0.05, 0) is 95.6 Å². The summed E-state index contributed by atoms with van der Waals surface area (Å²) in [6.07, 6.45) is 9.13. The van der Waals surface area contributed by atoms with Gasteiger partial charge in [0, 0.05) is 32.6 Å². The van der Waals surface area contributed by atoms with Crippen molar-refractivity contribution >= 4 is 28.9 Å². The van der Waals surface area contributed by atoms with Gasteiger partial charge in [0.1, 0.15) is 0 Å². The van der Waals surface area contributed by atoms with E-state index in [1.807, 2.05) is 0 Å². The molecule has 1 amide bonds. The first-order chi connectivity index (χ1) is 19.7. The number of carbonyl (C=O) groups excluding carboxylic acids is 2. The molecule has 1 N–H and O–H groups in total. The summed E-state index contributed by atoms with van der Waals surface area (Å²) < 4.78 is 7.06. The maximum Gasteiger partial charge on any atom is 0.305 e. The Morgan fingerprint density at radius 1 is 1.07 bits per heavy atom. The first-order valence-electron chi connectivity index (χ1n) is 16.0. The standard InChI is InChI=1S/C33H55N5O3/c1-7-8-22-37(24-17-26(2)3)31(40)33(4,5)27-15-16-28-29(25-27)38(23-13-21-36-19-10-9-11-20-36)32(35-28)34-18-12-14-30(39)41-6/h15-16,25-26H,7-14,17-24H2,1-6H3,(H,34,35). The molecule has 1 aliphatic rings. The molecule has 0 radical (unpaired) electrons. The van der Waals surface area contributed by atoms with Crippen LogP contribution in [0.5, 0.6) is 0 Å². The summed E-state index contributed by atoms with van der Waals surface area (Å²) in [6, 6.07) is 6.32. The number of hydrogen-bond donors (Lipinski definition) is 1. The lowest BCUT2D eigenvalue weighted by atomic mass is 9.82. The minimum Gasteiger partial charge on any atom is -0.469 e. The van der Waals surface area contributed by atoms with Crippen LogP contribution in [0.1, 0.15) is 98.0 Å². The normalized spacial score (nSPS) is 14.5. The molecule has 1 aromatic heterocycles. The Morgan fingerprint density at radius 2 is 1.83 bits per heavy atom. The molecule has 0 bridgehead atoms. The number of ether oxygens (including phenoxy) is 1. The average molecular weight is 570 g/mol. The summed E-state index contributed by atoms with van der Waals surface area (Å²) in [7, 11) is 1.43. The first kappa shape index (κ1) is 32.9. The third kappa shape index (κ3) is 9.45. The van der Waals surface area contributed by atoms with Gasteiger partial charge in [-0.1, -0.05) is 39.7 Å². The lowest BCUT2D eigenvalue weighted by Gasteiger charge is -2.33. The number of rotatable bonds is 17. The number of benzene rings is 1. The average Bonchev–Trinajstić information content (AvgIpc) is 3.31. The number of aromatic nitrogens is 2. The smallest absolute Gasteiger partial charge is 0.305 e. The van der Waals surface area contributed by atoms with Crippen LogP contribution < -0.4 is 5.32 Å². The summed E-state index contributed by atoms with van der Waals surface area (Å²) in [4.78, 5) is 35.1. The number of methoxy groups -OCH3 is 1. The predicted octanol–water partition coefficient (Wildman–Crippen LogP) is 6.23. The van der Waals surface area contributed by atoms with Crippen molar-refractivity contribution in [1.29, 1.82) is 0 Å². The number of piperidine rings is 1. The third-order valence-corrected chi connectivity index (χ3v) is 8.42. The molecule has 1 fully saturated rings. The van der Waals surface area contributed by atoms with Crippen molar-refractivity contribution in [1.82, 2.24) is 19.4 Å². The van der Waals surface area contributed by atoms with Crippen LogP contribution in [0.15, 0.2) is 18.2 Å². The zero-order valence-corrected chi connectivity index (χ0v) is 26.6. The van der Waals surface area contributed by atoms with Crippen molar-refractivity contribution in [2.24, 2.45) is 5.92 Å². The molecule has 230 valence electrons. The van der Waals surface area contributed by atoms with E-state index >= 15 is 0 Å². The fourth-order valence-electron chi connectivity index (χ4n) is 5.64. The number of likely N-dealkylation sites (tertiary alicyclic amines) is 1. The number of aryl methyl sites for hydroxylation is 1. The maximum atomic E-state index is 14.0. The van der Waals surface area contributed by atoms with E-state index in [1.54, 1.807) is 0 Å². The van der Waals surface area contributed by atoms with Crippen LogP contribution in [-0.4, -0.2) is 77.6 Å². The highest BCUT2D eigenvalue weighted by Crippen LogP contribution is 2.31. The Balaban J connectivity index is 1.85. The molecule has 41 heavy (non-hydrogen) atoms. The Hall–Kier alpha value is -2.61. The Morgan fingerprint density at radius 3 is 2.51 bits per heavy atom. The third-order valence-electron chi connectivity index (χ3n) is 8.42. The van der Waals surface area contributed by atoms with E-state index in [9.17, 15) is 9.59 Å². The van der Waals surface area contributed by atoms with E-state index in [2.05, 4.69) is 72.5 Å². The molecule has 0 spiro atoms. The van der Waals surface area contributed by atoms with Crippen molar-refractivity contribution in [2.45, 2.75) is 104 Å². The molecule has 8 nitrogen and oxygen atoms in total. The Kier molecular flexibility index (Phi) is 12.9. The van der Waals surface area contributed by atoms with E-state index in [0.29, 0.717) is 25.3 Å². The molecule has 8 heteroatoms. The van der Waals surface area contributed by atoms with E-state index in [-0.39, 0.29) is 11.9 Å². The minimum atomic E-state index is -0.643. The monoisotopic (exact) mass is 569 g/mol. The van der Waals surface area contributed by atoms with Gasteiger partial charge in [-0.15, -0.1) is 0 Å². The van der Waals surface area contributed by atoms with Gasteiger partial charge in [0.15, 0.2) is 0 Å². The SMILES string of the molecule is CCCCN(CCC(C)C)C(=O)C(C)(C)c1ccc2nc(NCCCC(=O)OC)n(CCCN3CCCCC3)c2c1. The summed E-state index contributed by atoms with van der Waals surface area (Å²) >= 11 is 0. The Labute approximate surface area is 248 Å². The van der Waals surface area contributed by atoms with Crippen LogP contribution in [0.3, 0.4) is 0 Å². The second-order valence-electron chi connectivity index (χ2n) is 12.6. The number of carbonyl (C=O) groups is 2. The van der Waals surface area contributed by atoms with Crippen molar-refractivity contribution in [3.8, 4) is 0 Å². The summed E-state index contributed by atoms with van der Waals surface area (Å²) in [5.41, 5.74) is 2.36. The van der Waals surface area contributed by atoms with Gasteiger partial charge < -0.3 is 24.4 Å². The zero-order valence-electron chi connectivity index (χ0n) is 26.6. The number of unbranched alkanes of at least 4 members (excludes halogenated alkanes) is 1. The molecular formula is C33H55N5O3. The number of nitrogens with one attached hydrogen (secondary N) is 1. The van der Waals surface area contributed by atoms with Crippen LogP contribution in [0.2, 0.25) is 0 Å². The fourth-order valence-corrected chi connectivity index (χ4v) is 5.64. The number of amides is 1. The molecule has 0 aliphatic carbocycles. The predicted molar refractivity (Wildman–Crippen MR) is 168 cm³/mol. The van der Waals surface area contributed by atoms with Crippen molar-refractivity contribution in [3.63, 3.8) is 0 Å². The van der Waals surface area contributed by atoms with Gasteiger partial charge in [0.05, 0.1) is 23.6 Å². The molecule has 2 heterocycles. The van der Waals surface area contributed by atoms with Gasteiger partial charge in [0.2, 0.25) is 11.9 Å². The topological polar surface area (TPSA) is 79.7 Å². The first-order valence-corrected chi connectivity index (χ1v) is 16.0. The Bertz CT molecular complexity index is 1100. The highest BCUT2D eigenvalue weighted by atomic mass is 16.5. The van der Waals surface area contributed by atoms with E-state index in [0.717, 1.165) is 74.4 Å². The lowest BCUT2D eigenvalue weighted by molar-refractivity contribution is -0.140. The minimum absolute atomic E-state index is 0.195. The number of nitrogens with zero attached hydrogens (tertiary/aromatic N) is 4. The summed E-state index contributed by atoms with van der Waals surface area (Å²) in [5, 5.41) is 3.48. The largest absolute Gasteiger partial charge is 0.469 e. The molecule has 0 saturated carbocycles. The molecule has 2 aromatic rings. The maximum absolute atomic E-state index is 14.0.